The number of halogens is 3. The molecule has 0 heterocycles. The molecule has 1 unspecified atom stereocenters. The number of nitrogens with one attached hydrogen (secondary N) is 2. The fraction of sp³-hybridized carbons (Fsp3) is 0.562. The van der Waals surface area contributed by atoms with Crippen LogP contribution in [0.1, 0.15) is 33.3 Å². The summed E-state index contributed by atoms with van der Waals surface area (Å²) in [5.74, 6) is 1.26. The number of rotatable bonds is 6. The topological polar surface area (TPSA) is 53.5 Å². The standard InChI is InChI=1S/C16H25Cl2N3OS.HI/c1-5-19-15(20-8-9-23(22)16(2,3)4)21-11-12-6-7-13(17)10-14(12)18;/h6-7,10H,5,8-9,11H2,1-4H3,(H2,19,20,21);1H. The van der Waals surface area contributed by atoms with Crippen molar-refractivity contribution >= 4 is 63.9 Å². The van der Waals surface area contributed by atoms with Crippen LogP contribution >= 0.6 is 47.2 Å². The van der Waals surface area contributed by atoms with Crippen molar-refractivity contribution in [3.05, 3.63) is 33.8 Å². The molecule has 2 N–H and O–H groups in total. The monoisotopic (exact) mass is 505 g/mol. The summed E-state index contributed by atoms with van der Waals surface area (Å²) in [6, 6.07) is 5.37. The van der Waals surface area contributed by atoms with Crippen LogP contribution < -0.4 is 10.6 Å². The number of hydrogen-bond donors (Lipinski definition) is 2. The van der Waals surface area contributed by atoms with E-state index in [0.29, 0.717) is 34.8 Å². The normalized spacial score (nSPS) is 13.2. The van der Waals surface area contributed by atoms with Crippen LogP contribution in [-0.2, 0) is 17.3 Å². The number of benzene rings is 1. The first-order valence-corrected chi connectivity index (χ1v) is 9.66. The zero-order valence-electron chi connectivity index (χ0n) is 14.5. The van der Waals surface area contributed by atoms with E-state index in [1.54, 1.807) is 12.1 Å². The Balaban J connectivity index is 0.00000529. The third-order valence-corrected chi connectivity index (χ3v) is 5.56. The molecule has 0 fully saturated rings. The Kier molecular flexibility index (Phi) is 11.5. The van der Waals surface area contributed by atoms with Crippen LogP contribution in [0, 0.1) is 0 Å². The quantitative estimate of drug-likeness (QED) is 0.346. The first kappa shape index (κ1) is 23.9. The van der Waals surface area contributed by atoms with Gasteiger partial charge < -0.3 is 10.6 Å². The zero-order valence-corrected chi connectivity index (χ0v) is 19.1. The molecule has 0 amide bonds. The van der Waals surface area contributed by atoms with Crippen molar-refractivity contribution in [2.24, 2.45) is 4.99 Å². The van der Waals surface area contributed by atoms with Crippen molar-refractivity contribution in [2.45, 2.75) is 39.0 Å². The van der Waals surface area contributed by atoms with Crippen LogP contribution in [0.3, 0.4) is 0 Å². The smallest absolute Gasteiger partial charge is 0.191 e. The van der Waals surface area contributed by atoms with E-state index in [2.05, 4.69) is 15.6 Å². The predicted octanol–water partition coefficient (Wildman–Crippen LogP) is 4.21. The molecule has 0 saturated carbocycles. The van der Waals surface area contributed by atoms with Crippen molar-refractivity contribution in [3.63, 3.8) is 0 Å². The van der Waals surface area contributed by atoms with Crippen molar-refractivity contribution < 1.29 is 4.21 Å². The molecule has 0 saturated heterocycles. The molecule has 0 radical (unpaired) electrons. The number of aliphatic imine (C=N–C) groups is 1. The molecule has 0 spiro atoms. The van der Waals surface area contributed by atoms with E-state index in [1.807, 2.05) is 33.8 Å². The van der Waals surface area contributed by atoms with Crippen LogP contribution in [-0.4, -0.2) is 33.8 Å². The summed E-state index contributed by atoms with van der Waals surface area (Å²) in [5.41, 5.74) is 0.909. The Labute approximate surface area is 174 Å². The largest absolute Gasteiger partial charge is 0.357 e. The highest BCUT2D eigenvalue weighted by Crippen LogP contribution is 2.21. The van der Waals surface area contributed by atoms with Gasteiger partial charge in [0.1, 0.15) is 0 Å². The Morgan fingerprint density at radius 2 is 1.92 bits per heavy atom. The van der Waals surface area contributed by atoms with Gasteiger partial charge in [0, 0.05) is 44.4 Å². The molecule has 1 rings (SSSR count). The first-order valence-electron chi connectivity index (χ1n) is 7.58. The third kappa shape index (κ3) is 8.87. The van der Waals surface area contributed by atoms with Gasteiger partial charge >= 0.3 is 0 Å². The van der Waals surface area contributed by atoms with Crippen molar-refractivity contribution in [1.82, 2.24) is 10.6 Å². The summed E-state index contributed by atoms with van der Waals surface area (Å²) >= 11 is 12.0. The molecular formula is C16H26Cl2IN3OS. The highest BCUT2D eigenvalue weighted by Gasteiger charge is 2.18. The minimum atomic E-state index is -0.885. The zero-order chi connectivity index (χ0) is 17.5. The van der Waals surface area contributed by atoms with Gasteiger partial charge in [0.25, 0.3) is 0 Å². The van der Waals surface area contributed by atoms with Crippen LogP contribution in [0.5, 0.6) is 0 Å². The predicted molar refractivity (Wildman–Crippen MR) is 117 cm³/mol. The highest BCUT2D eigenvalue weighted by molar-refractivity contribution is 14.0. The van der Waals surface area contributed by atoms with Crippen molar-refractivity contribution in [1.29, 1.82) is 0 Å². The molecule has 1 atom stereocenters. The van der Waals surface area contributed by atoms with E-state index in [4.69, 9.17) is 23.2 Å². The second-order valence-corrected chi connectivity index (χ2v) is 9.19. The third-order valence-electron chi connectivity index (χ3n) is 3.03. The second-order valence-electron chi connectivity index (χ2n) is 6.02. The molecule has 0 aliphatic carbocycles. The maximum Gasteiger partial charge on any atom is 0.191 e. The molecular weight excluding hydrogens is 480 g/mol. The average Bonchev–Trinajstić information content (AvgIpc) is 2.45. The van der Waals surface area contributed by atoms with Gasteiger partial charge in [-0.1, -0.05) is 29.3 Å². The summed E-state index contributed by atoms with van der Waals surface area (Å²) in [7, 11) is -0.885. The fourth-order valence-electron chi connectivity index (χ4n) is 1.72. The van der Waals surface area contributed by atoms with Crippen LogP contribution in [0.15, 0.2) is 23.2 Å². The lowest BCUT2D eigenvalue weighted by molar-refractivity contribution is 0.647. The summed E-state index contributed by atoms with van der Waals surface area (Å²) in [6.07, 6.45) is 0. The molecule has 24 heavy (non-hydrogen) atoms. The first-order chi connectivity index (χ1) is 10.7. The number of hydrogen-bond acceptors (Lipinski definition) is 2. The second kappa shape index (κ2) is 11.5. The molecule has 1 aromatic carbocycles. The van der Waals surface area contributed by atoms with E-state index >= 15 is 0 Å². The van der Waals surface area contributed by atoms with E-state index in [-0.39, 0.29) is 28.7 Å². The maximum absolute atomic E-state index is 12.0. The Morgan fingerprint density at radius 1 is 1.25 bits per heavy atom. The lowest BCUT2D eigenvalue weighted by atomic mass is 10.2. The maximum atomic E-state index is 12.0. The van der Waals surface area contributed by atoms with Gasteiger partial charge in [-0.2, -0.15) is 0 Å². The van der Waals surface area contributed by atoms with Crippen LogP contribution in [0.2, 0.25) is 10.0 Å². The van der Waals surface area contributed by atoms with Crippen molar-refractivity contribution in [2.75, 3.05) is 18.8 Å². The Hall–Kier alpha value is -0.0500. The SMILES string of the molecule is CCNC(=NCc1ccc(Cl)cc1Cl)NCCS(=O)C(C)(C)C.I. The van der Waals surface area contributed by atoms with Gasteiger partial charge in [-0.3, -0.25) is 4.21 Å². The van der Waals surface area contributed by atoms with E-state index in [9.17, 15) is 4.21 Å². The summed E-state index contributed by atoms with van der Waals surface area (Å²) in [6.45, 7) is 9.74. The van der Waals surface area contributed by atoms with E-state index < -0.39 is 10.8 Å². The number of guanidine groups is 1. The van der Waals surface area contributed by atoms with Gasteiger partial charge in [0.05, 0.1) is 6.54 Å². The molecule has 1 aromatic rings. The molecule has 0 aromatic heterocycles. The van der Waals surface area contributed by atoms with E-state index in [1.165, 1.54) is 0 Å². The van der Waals surface area contributed by atoms with Gasteiger partial charge in [-0.05, 0) is 45.4 Å². The molecule has 0 bridgehead atoms. The number of nitrogens with zero attached hydrogens (tertiary/aromatic N) is 1. The van der Waals surface area contributed by atoms with Gasteiger partial charge in [0.2, 0.25) is 0 Å². The van der Waals surface area contributed by atoms with Crippen LogP contribution in [0.4, 0.5) is 0 Å². The highest BCUT2D eigenvalue weighted by atomic mass is 127. The van der Waals surface area contributed by atoms with Gasteiger partial charge in [0.15, 0.2) is 5.96 Å². The minimum Gasteiger partial charge on any atom is -0.357 e. The van der Waals surface area contributed by atoms with E-state index in [0.717, 1.165) is 12.1 Å². The van der Waals surface area contributed by atoms with Gasteiger partial charge in [-0.15, -0.1) is 24.0 Å². The minimum absolute atomic E-state index is 0. The summed E-state index contributed by atoms with van der Waals surface area (Å²) in [4.78, 5) is 4.50. The molecule has 0 aliphatic rings. The van der Waals surface area contributed by atoms with Gasteiger partial charge in [-0.25, -0.2) is 4.99 Å². The lowest BCUT2D eigenvalue weighted by Crippen LogP contribution is -2.40. The molecule has 0 aliphatic heterocycles. The molecule has 138 valence electrons. The Morgan fingerprint density at radius 3 is 2.46 bits per heavy atom. The average molecular weight is 506 g/mol. The fourth-order valence-corrected chi connectivity index (χ4v) is 3.09. The summed E-state index contributed by atoms with van der Waals surface area (Å²) in [5, 5.41) is 7.58. The lowest BCUT2D eigenvalue weighted by Gasteiger charge is -2.18. The molecule has 8 heteroatoms. The summed E-state index contributed by atoms with van der Waals surface area (Å²) < 4.78 is 11.8. The van der Waals surface area contributed by atoms with Crippen LogP contribution in [0.25, 0.3) is 0 Å². The van der Waals surface area contributed by atoms with Crippen molar-refractivity contribution in [3.8, 4) is 0 Å². The molecule has 4 nitrogen and oxygen atoms in total. The Bertz CT molecular complexity index is 577.